The Labute approximate surface area is 162 Å². The zero-order valence-corrected chi connectivity index (χ0v) is 15.7. The maximum atomic E-state index is 12.1. The number of ketones is 1. The van der Waals surface area contributed by atoms with Gasteiger partial charge >= 0.3 is 5.97 Å². The molecule has 28 heavy (non-hydrogen) atoms. The Hall–Kier alpha value is -3.40. The highest BCUT2D eigenvalue weighted by Gasteiger charge is 2.43. The van der Waals surface area contributed by atoms with Crippen LogP contribution in [0.4, 0.5) is 0 Å². The first-order valence-corrected chi connectivity index (χ1v) is 8.93. The third kappa shape index (κ3) is 4.29. The van der Waals surface area contributed by atoms with Crippen LogP contribution in [0.15, 0.2) is 40.8 Å². The molecule has 1 aliphatic rings. The lowest BCUT2D eigenvalue weighted by Crippen LogP contribution is -2.48. The molecule has 1 heterocycles. The topological polar surface area (TPSA) is 109 Å². The molecule has 3 rings (SSSR count). The van der Waals surface area contributed by atoms with Gasteiger partial charge in [-0.1, -0.05) is 24.3 Å². The number of nitriles is 1. The van der Waals surface area contributed by atoms with Crippen LogP contribution in [0, 0.1) is 17.2 Å². The van der Waals surface area contributed by atoms with Crippen molar-refractivity contribution in [3.63, 3.8) is 0 Å². The molecular weight excluding hydrogens is 360 g/mol. The van der Waals surface area contributed by atoms with E-state index in [1.165, 1.54) is 13.0 Å². The number of furan rings is 1. The molecular formula is C21H20N2O5. The molecule has 1 N–H and O–H groups in total. The molecule has 1 fully saturated rings. The Balaban J connectivity index is 1.57. The Kier molecular flexibility index (Phi) is 5.32. The second-order valence-corrected chi connectivity index (χ2v) is 7.01. The van der Waals surface area contributed by atoms with E-state index in [4.69, 9.17) is 9.15 Å². The van der Waals surface area contributed by atoms with Crippen molar-refractivity contribution in [2.45, 2.75) is 32.2 Å². The number of amides is 1. The van der Waals surface area contributed by atoms with Gasteiger partial charge in [-0.3, -0.25) is 9.59 Å². The van der Waals surface area contributed by atoms with Crippen molar-refractivity contribution in [1.82, 2.24) is 5.32 Å². The van der Waals surface area contributed by atoms with Gasteiger partial charge in [0, 0.05) is 11.1 Å². The quantitative estimate of drug-likeness (QED) is 0.584. The summed E-state index contributed by atoms with van der Waals surface area (Å²) in [5.74, 6) is -0.800. The van der Waals surface area contributed by atoms with Gasteiger partial charge in [-0.15, -0.1) is 0 Å². The standard InChI is InChI=1S/C21H20N2O5/c1-13(24)14-3-5-15(6-4-14)17-9-10-18(28-17)20(26)27-11-19(25)23-21(2,12-22)16-7-8-16/h3-6,9-10,16H,7-8,11H2,1-2H3,(H,23,25)/t21-/m1/s1. The molecule has 1 aromatic carbocycles. The Morgan fingerprint density at radius 1 is 1.21 bits per heavy atom. The first-order chi connectivity index (χ1) is 13.3. The Morgan fingerprint density at radius 2 is 1.89 bits per heavy atom. The van der Waals surface area contributed by atoms with Crippen LogP contribution in [-0.4, -0.2) is 29.8 Å². The van der Waals surface area contributed by atoms with Crippen LogP contribution in [-0.2, 0) is 9.53 Å². The summed E-state index contributed by atoms with van der Waals surface area (Å²) in [5.41, 5.74) is 0.348. The third-order valence-electron chi connectivity index (χ3n) is 4.74. The van der Waals surface area contributed by atoms with Gasteiger partial charge in [-0.05, 0) is 44.7 Å². The van der Waals surface area contributed by atoms with E-state index >= 15 is 0 Å². The van der Waals surface area contributed by atoms with Crippen LogP contribution in [0.5, 0.6) is 0 Å². The van der Waals surface area contributed by atoms with Gasteiger partial charge in [0.25, 0.3) is 5.91 Å². The van der Waals surface area contributed by atoms with E-state index in [0.717, 1.165) is 12.8 Å². The van der Waals surface area contributed by atoms with Crippen LogP contribution in [0.25, 0.3) is 11.3 Å². The van der Waals surface area contributed by atoms with E-state index in [9.17, 15) is 19.6 Å². The first kappa shape index (κ1) is 19.4. The van der Waals surface area contributed by atoms with Crippen molar-refractivity contribution >= 4 is 17.7 Å². The first-order valence-electron chi connectivity index (χ1n) is 8.93. The summed E-state index contributed by atoms with van der Waals surface area (Å²) in [6.45, 7) is 2.66. The summed E-state index contributed by atoms with van der Waals surface area (Å²) in [6.07, 6.45) is 1.79. The molecule has 0 spiro atoms. The molecule has 0 aliphatic heterocycles. The summed E-state index contributed by atoms with van der Waals surface area (Å²) in [7, 11) is 0. The Bertz CT molecular complexity index is 950. The summed E-state index contributed by atoms with van der Waals surface area (Å²) < 4.78 is 10.5. The van der Waals surface area contributed by atoms with Gasteiger partial charge < -0.3 is 14.5 Å². The lowest BCUT2D eigenvalue weighted by atomic mass is 9.98. The van der Waals surface area contributed by atoms with Gasteiger partial charge in [0.1, 0.15) is 11.3 Å². The zero-order chi connectivity index (χ0) is 20.3. The van der Waals surface area contributed by atoms with Gasteiger partial charge in [-0.25, -0.2) is 4.79 Å². The molecule has 7 heteroatoms. The SMILES string of the molecule is CC(=O)c1ccc(-c2ccc(C(=O)OCC(=O)N[C@](C)(C#N)C3CC3)o2)cc1. The number of carbonyl (C=O) groups excluding carboxylic acids is 3. The van der Waals surface area contributed by atoms with Gasteiger partial charge in [0.15, 0.2) is 12.4 Å². The molecule has 144 valence electrons. The second-order valence-electron chi connectivity index (χ2n) is 7.01. The normalized spacial score (nSPS) is 15.2. The average Bonchev–Trinajstić information content (AvgIpc) is 3.44. The van der Waals surface area contributed by atoms with E-state index in [1.54, 1.807) is 37.3 Å². The summed E-state index contributed by atoms with van der Waals surface area (Å²) in [4.78, 5) is 35.4. The van der Waals surface area contributed by atoms with Crippen molar-refractivity contribution in [3.05, 3.63) is 47.7 Å². The number of hydrogen-bond acceptors (Lipinski definition) is 6. The van der Waals surface area contributed by atoms with Crippen molar-refractivity contribution in [3.8, 4) is 17.4 Å². The molecule has 0 unspecified atom stereocenters. The minimum atomic E-state index is -0.937. The number of rotatable bonds is 7. The zero-order valence-electron chi connectivity index (χ0n) is 15.7. The third-order valence-corrected chi connectivity index (χ3v) is 4.74. The molecule has 1 saturated carbocycles. The van der Waals surface area contributed by atoms with Crippen LogP contribution >= 0.6 is 0 Å². The maximum absolute atomic E-state index is 12.1. The molecule has 0 saturated heterocycles. The Morgan fingerprint density at radius 3 is 2.46 bits per heavy atom. The predicted molar refractivity (Wildman–Crippen MR) is 99.3 cm³/mol. The number of benzene rings is 1. The average molecular weight is 380 g/mol. The number of nitrogens with one attached hydrogen (secondary N) is 1. The van der Waals surface area contributed by atoms with E-state index in [1.807, 2.05) is 0 Å². The molecule has 1 aliphatic carbocycles. The summed E-state index contributed by atoms with van der Waals surface area (Å²) in [6, 6.07) is 12.0. The minimum absolute atomic E-state index is 0.0383. The monoisotopic (exact) mass is 380 g/mol. The van der Waals surface area contributed by atoms with Crippen LogP contribution in [0.1, 0.15) is 47.6 Å². The largest absolute Gasteiger partial charge is 0.450 e. The molecule has 0 bridgehead atoms. The minimum Gasteiger partial charge on any atom is -0.450 e. The van der Waals surface area contributed by atoms with Crippen molar-refractivity contribution in [2.75, 3.05) is 6.61 Å². The van der Waals surface area contributed by atoms with Crippen molar-refractivity contribution < 1.29 is 23.5 Å². The summed E-state index contributed by atoms with van der Waals surface area (Å²) >= 11 is 0. The number of carbonyl (C=O) groups is 3. The van der Waals surface area contributed by atoms with Gasteiger partial charge in [0.05, 0.1) is 6.07 Å². The van der Waals surface area contributed by atoms with Crippen LogP contribution in [0.2, 0.25) is 0 Å². The second kappa shape index (κ2) is 7.69. The van der Waals surface area contributed by atoms with Crippen molar-refractivity contribution in [1.29, 1.82) is 5.26 Å². The van der Waals surface area contributed by atoms with E-state index in [2.05, 4.69) is 11.4 Å². The molecule has 2 aromatic rings. The fourth-order valence-corrected chi connectivity index (χ4v) is 2.88. The highest BCUT2D eigenvalue weighted by atomic mass is 16.5. The van der Waals surface area contributed by atoms with E-state index in [-0.39, 0.29) is 17.5 Å². The van der Waals surface area contributed by atoms with Crippen molar-refractivity contribution in [2.24, 2.45) is 5.92 Å². The smallest absolute Gasteiger partial charge is 0.374 e. The molecule has 1 amide bonds. The number of nitrogens with zero attached hydrogens (tertiary/aromatic N) is 1. The molecule has 1 aromatic heterocycles. The highest BCUT2D eigenvalue weighted by Crippen LogP contribution is 2.39. The van der Waals surface area contributed by atoms with Gasteiger partial charge in [-0.2, -0.15) is 5.26 Å². The fourth-order valence-electron chi connectivity index (χ4n) is 2.88. The van der Waals surface area contributed by atoms with E-state index < -0.39 is 24.0 Å². The molecule has 1 atom stereocenters. The van der Waals surface area contributed by atoms with E-state index in [0.29, 0.717) is 16.9 Å². The number of ether oxygens (including phenoxy) is 1. The molecule has 0 radical (unpaired) electrons. The van der Waals surface area contributed by atoms with Gasteiger partial charge in [0.2, 0.25) is 5.76 Å². The molecule has 7 nitrogen and oxygen atoms in total. The number of hydrogen-bond donors (Lipinski definition) is 1. The number of esters is 1. The predicted octanol–water partition coefficient (Wildman–Crippen LogP) is 3.11. The lowest BCUT2D eigenvalue weighted by Gasteiger charge is -2.22. The highest BCUT2D eigenvalue weighted by molar-refractivity contribution is 5.94. The van der Waals surface area contributed by atoms with Crippen LogP contribution < -0.4 is 5.32 Å². The lowest BCUT2D eigenvalue weighted by molar-refractivity contribution is -0.125. The maximum Gasteiger partial charge on any atom is 0.374 e. The van der Waals surface area contributed by atoms with Crippen LogP contribution in [0.3, 0.4) is 0 Å². The summed E-state index contributed by atoms with van der Waals surface area (Å²) in [5, 5.41) is 11.9. The number of Topliss-reactive ketones (excluding diaryl/α,β-unsaturated/α-hetero) is 1. The fraction of sp³-hybridized carbons (Fsp3) is 0.333.